The zero-order valence-corrected chi connectivity index (χ0v) is 7.74. The van der Waals surface area contributed by atoms with Crippen LogP contribution in [0.1, 0.15) is 12.5 Å². The molecule has 0 unspecified atom stereocenters. The molecule has 0 saturated carbocycles. The second kappa shape index (κ2) is 6.92. The van der Waals surface area contributed by atoms with E-state index in [4.69, 9.17) is 14.4 Å². The van der Waals surface area contributed by atoms with Gasteiger partial charge in [0.15, 0.2) is 0 Å². The summed E-state index contributed by atoms with van der Waals surface area (Å²) in [6, 6.07) is 10.5. The van der Waals surface area contributed by atoms with Gasteiger partial charge in [-0.3, -0.25) is 0 Å². The summed E-state index contributed by atoms with van der Waals surface area (Å²) in [6.07, 6.45) is 1.14. The van der Waals surface area contributed by atoms with Crippen molar-refractivity contribution in [1.82, 2.24) is 0 Å². The maximum Gasteiger partial charge on any atom is 0.692 e. The van der Waals surface area contributed by atoms with Gasteiger partial charge in [-0.15, -0.1) is 9.79 Å². The van der Waals surface area contributed by atoms with Gasteiger partial charge in [0, 0.05) is 4.57 Å². The Labute approximate surface area is 72.6 Å². The minimum absolute atomic E-state index is 1.14. The van der Waals surface area contributed by atoms with Gasteiger partial charge in [0.05, 0.1) is 0 Å². The highest BCUT2D eigenvalue weighted by molar-refractivity contribution is 7.30. The van der Waals surface area contributed by atoms with Crippen LogP contribution in [0.2, 0.25) is 0 Å². The highest BCUT2D eigenvalue weighted by Gasteiger charge is 1.93. The van der Waals surface area contributed by atoms with E-state index in [1.54, 1.807) is 0 Å². The molecule has 3 nitrogen and oxygen atoms in total. The summed E-state index contributed by atoms with van der Waals surface area (Å²) >= 11 is 0. The quantitative estimate of drug-likeness (QED) is 0.660. The van der Waals surface area contributed by atoms with Gasteiger partial charge in [-0.05, 0) is 12.0 Å². The van der Waals surface area contributed by atoms with Crippen molar-refractivity contribution < 1.29 is 14.4 Å². The smallest absolute Gasteiger partial charge is 0.134 e. The van der Waals surface area contributed by atoms with Crippen LogP contribution >= 0.6 is 8.25 Å². The first-order valence-electron chi connectivity index (χ1n) is 3.55. The summed E-state index contributed by atoms with van der Waals surface area (Å²) in [7, 11) is -2.87. The van der Waals surface area contributed by atoms with Crippen LogP contribution in [0, 0.1) is 0 Å². The highest BCUT2D eigenvalue weighted by atomic mass is 31.1. The van der Waals surface area contributed by atoms with E-state index in [2.05, 4.69) is 31.2 Å². The fraction of sp³-hybridized carbons (Fsp3) is 0.250. The van der Waals surface area contributed by atoms with Crippen LogP contribution in [0.5, 0.6) is 0 Å². The number of benzene rings is 1. The number of hydrogen-bond acceptors (Lipinski definition) is 1. The largest absolute Gasteiger partial charge is 0.692 e. The van der Waals surface area contributed by atoms with E-state index in [-0.39, 0.29) is 0 Å². The maximum absolute atomic E-state index is 8.70. The molecule has 1 aromatic carbocycles. The highest BCUT2D eigenvalue weighted by Crippen LogP contribution is 1.98. The minimum Gasteiger partial charge on any atom is -0.134 e. The second-order valence-electron chi connectivity index (χ2n) is 2.09. The first-order valence-corrected chi connectivity index (χ1v) is 4.72. The molecular weight excluding hydrogens is 175 g/mol. The molecule has 0 heterocycles. The summed E-state index contributed by atoms with van der Waals surface area (Å²) in [5.41, 5.74) is 1.41. The lowest BCUT2D eigenvalue weighted by Gasteiger charge is -1.89. The average Bonchev–Trinajstić information content (AvgIpc) is 2.05. The Morgan fingerprint density at radius 3 is 1.92 bits per heavy atom. The molecule has 0 aliphatic carbocycles. The zero-order chi connectivity index (χ0) is 9.40. The van der Waals surface area contributed by atoms with Crippen molar-refractivity contribution in [3.05, 3.63) is 35.9 Å². The molecule has 0 aliphatic rings. The Kier molecular flexibility index (Phi) is 6.48. The van der Waals surface area contributed by atoms with Crippen molar-refractivity contribution in [3.8, 4) is 0 Å². The van der Waals surface area contributed by atoms with Crippen molar-refractivity contribution >= 4 is 8.25 Å². The number of hydrogen-bond donors (Lipinski definition) is 2. The molecule has 1 aromatic rings. The molecule has 0 saturated heterocycles. The molecule has 0 radical (unpaired) electrons. The Bertz CT molecular complexity index is 219. The van der Waals surface area contributed by atoms with Gasteiger partial charge in [0.2, 0.25) is 0 Å². The number of aryl methyl sites for hydroxylation is 1. The summed E-state index contributed by atoms with van der Waals surface area (Å²) in [5, 5.41) is 0. The average molecular weight is 187 g/mol. The fourth-order valence-electron chi connectivity index (χ4n) is 0.714. The normalized spacial score (nSPS) is 8.25. The van der Waals surface area contributed by atoms with Gasteiger partial charge in [0.1, 0.15) is 0 Å². The summed E-state index contributed by atoms with van der Waals surface area (Å²) in [4.78, 5) is 14.2. The third kappa shape index (κ3) is 7.35. The van der Waals surface area contributed by atoms with E-state index in [0.29, 0.717) is 0 Å². The van der Waals surface area contributed by atoms with E-state index in [1.807, 2.05) is 6.07 Å². The lowest BCUT2D eigenvalue weighted by atomic mass is 10.2. The molecule has 66 valence electrons. The van der Waals surface area contributed by atoms with E-state index in [0.717, 1.165) is 6.42 Å². The third-order valence-electron chi connectivity index (χ3n) is 1.25. The summed E-state index contributed by atoms with van der Waals surface area (Å²) in [6.45, 7) is 2.16. The van der Waals surface area contributed by atoms with Crippen LogP contribution in [0.25, 0.3) is 0 Å². The molecule has 4 heteroatoms. The van der Waals surface area contributed by atoms with E-state index in [1.165, 1.54) is 5.56 Å². The van der Waals surface area contributed by atoms with Gasteiger partial charge in [-0.2, -0.15) is 0 Å². The predicted octanol–water partition coefficient (Wildman–Crippen LogP) is 1.88. The SMILES string of the molecule is CCc1ccccc1.O=[P+](O)O. The summed E-state index contributed by atoms with van der Waals surface area (Å²) < 4.78 is 8.70. The van der Waals surface area contributed by atoms with Gasteiger partial charge >= 0.3 is 8.25 Å². The lowest BCUT2D eigenvalue weighted by Crippen LogP contribution is -1.73. The molecule has 2 N–H and O–H groups in total. The third-order valence-corrected chi connectivity index (χ3v) is 1.25. The zero-order valence-electron chi connectivity index (χ0n) is 6.84. The van der Waals surface area contributed by atoms with Crippen LogP contribution in [-0.2, 0) is 11.0 Å². The molecule has 12 heavy (non-hydrogen) atoms. The van der Waals surface area contributed by atoms with E-state index in [9.17, 15) is 0 Å². The Hall–Kier alpha value is -0.760. The Morgan fingerprint density at radius 1 is 1.25 bits per heavy atom. The van der Waals surface area contributed by atoms with E-state index >= 15 is 0 Å². The van der Waals surface area contributed by atoms with Gasteiger partial charge < -0.3 is 0 Å². The van der Waals surface area contributed by atoms with Crippen LogP contribution in [0.3, 0.4) is 0 Å². The standard InChI is InChI=1S/C8H10.HO3P/c1-2-8-6-4-3-5-7-8;1-4(2)3/h3-7H,2H2,1H3;(H-,1,2,3)/p+1. The topological polar surface area (TPSA) is 57.5 Å². The van der Waals surface area contributed by atoms with Gasteiger partial charge in [-0.1, -0.05) is 37.3 Å². The molecule has 0 fully saturated rings. The first kappa shape index (κ1) is 11.2. The maximum atomic E-state index is 8.70. The molecule has 0 atom stereocenters. The molecule has 0 aromatic heterocycles. The minimum atomic E-state index is -2.87. The molecule has 0 aliphatic heterocycles. The first-order chi connectivity index (χ1) is 5.66. The van der Waals surface area contributed by atoms with Gasteiger partial charge in [0.25, 0.3) is 0 Å². The molecule has 0 spiro atoms. The monoisotopic (exact) mass is 187 g/mol. The Morgan fingerprint density at radius 2 is 1.67 bits per heavy atom. The van der Waals surface area contributed by atoms with Crippen LogP contribution in [-0.4, -0.2) is 9.79 Å². The molecule has 0 bridgehead atoms. The molecule has 0 amide bonds. The van der Waals surface area contributed by atoms with Crippen molar-refractivity contribution in [2.24, 2.45) is 0 Å². The van der Waals surface area contributed by atoms with Gasteiger partial charge in [-0.25, -0.2) is 0 Å². The predicted molar refractivity (Wildman–Crippen MR) is 47.9 cm³/mol. The van der Waals surface area contributed by atoms with Crippen molar-refractivity contribution in [1.29, 1.82) is 0 Å². The summed E-state index contributed by atoms with van der Waals surface area (Å²) in [5.74, 6) is 0. The van der Waals surface area contributed by atoms with Crippen LogP contribution < -0.4 is 0 Å². The Balaban J connectivity index is 0.000000261. The number of rotatable bonds is 1. The molecule has 1 rings (SSSR count). The lowest BCUT2D eigenvalue weighted by molar-refractivity contribution is 0.405. The van der Waals surface area contributed by atoms with Crippen LogP contribution in [0.4, 0.5) is 0 Å². The van der Waals surface area contributed by atoms with E-state index < -0.39 is 8.25 Å². The van der Waals surface area contributed by atoms with Crippen molar-refractivity contribution in [2.75, 3.05) is 0 Å². The second-order valence-corrected chi connectivity index (χ2v) is 2.60. The van der Waals surface area contributed by atoms with Crippen LogP contribution in [0.15, 0.2) is 30.3 Å². The van der Waals surface area contributed by atoms with Crippen molar-refractivity contribution in [3.63, 3.8) is 0 Å². The molecular formula is C8H12O3P+. The fourth-order valence-corrected chi connectivity index (χ4v) is 0.714. The van der Waals surface area contributed by atoms with Crippen molar-refractivity contribution in [2.45, 2.75) is 13.3 Å².